The van der Waals surface area contributed by atoms with Crippen LogP contribution in [0.3, 0.4) is 0 Å². The number of hydrogen-bond donors (Lipinski definition) is 1. The van der Waals surface area contributed by atoms with Gasteiger partial charge in [0.1, 0.15) is 0 Å². The molecule has 1 saturated heterocycles. The molecule has 1 aliphatic heterocycles. The van der Waals surface area contributed by atoms with Crippen LogP contribution in [0, 0.1) is 5.92 Å². The molecule has 1 N–H and O–H groups in total. The van der Waals surface area contributed by atoms with Crippen LogP contribution >= 0.6 is 0 Å². The molecule has 1 aliphatic carbocycles. The third-order valence-corrected chi connectivity index (χ3v) is 5.51. The van der Waals surface area contributed by atoms with Crippen molar-refractivity contribution in [3.05, 3.63) is 0 Å². The van der Waals surface area contributed by atoms with Crippen molar-refractivity contribution in [3.63, 3.8) is 0 Å². The summed E-state index contributed by atoms with van der Waals surface area (Å²) in [6, 6.07) is 0.755. The molecule has 3 nitrogen and oxygen atoms in total. The predicted molar refractivity (Wildman–Crippen MR) is 87.2 cm³/mol. The number of rotatable bonds is 4. The minimum absolute atomic E-state index is 0.330. The second-order valence-electron chi connectivity index (χ2n) is 7.53. The normalized spacial score (nSPS) is 33.0. The van der Waals surface area contributed by atoms with Gasteiger partial charge in [-0.05, 0) is 46.2 Å². The van der Waals surface area contributed by atoms with Crippen molar-refractivity contribution >= 4 is 0 Å². The van der Waals surface area contributed by atoms with Gasteiger partial charge in [-0.25, -0.2) is 0 Å². The first-order valence-electron chi connectivity index (χ1n) is 8.70. The van der Waals surface area contributed by atoms with E-state index in [9.17, 15) is 0 Å². The maximum Gasteiger partial charge on any atom is 0.0277 e. The molecule has 0 spiro atoms. The molecule has 118 valence electrons. The summed E-state index contributed by atoms with van der Waals surface area (Å²) in [5, 5.41) is 3.76. The highest BCUT2D eigenvalue weighted by atomic mass is 15.3. The van der Waals surface area contributed by atoms with Crippen LogP contribution < -0.4 is 5.32 Å². The Kier molecular flexibility index (Phi) is 5.88. The van der Waals surface area contributed by atoms with Crippen molar-refractivity contribution in [2.75, 3.05) is 39.8 Å². The van der Waals surface area contributed by atoms with Crippen molar-refractivity contribution in [3.8, 4) is 0 Å². The van der Waals surface area contributed by atoms with Crippen molar-refractivity contribution < 1.29 is 0 Å². The monoisotopic (exact) mass is 281 g/mol. The minimum Gasteiger partial charge on any atom is -0.314 e. The average Bonchev–Trinajstić information content (AvgIpc) is 2.60. The number of piperazine rings is 1. The van der Waals surface area contributed by atoms with Gasteiger partial charge < -0.3 is 5.32 Å². The fourth-order valence-corrected chi connectivity index (χ4v) is 3.96. The smallest absolute Gasteiger partial charge is 0.0277 e. The van der Waals surface area contributed by atoms with E-state index in [2.05, 4.69) is 42.9 Å². The van der Waals surface area contributed by atoms with Crippen LogP contribution in [0.4, 0.5) is 0 Å². The molecule has 0 aromatic heterocycles. The molecule has 0 amide bonds. The zero-order valence-corrected chi connectivity index (χ0v) is 14.1. The lowest BCUT2D eigenvalue weighted by Gasteiger charge is -2.46. The van der Waals surface area contributed by atoms with E-state index in [-0.39, 0.29) is 0 Å². The van der Waals surface area contributed by atoms with Gasteiger partial charge in [0.25, 0.3) is 0 Å². The second-order valence-corrected chi connectivity index (χ2v) is 7.53. The molecule has 0 aromatic rings. The van der Waals surface area contributed by atoms with Crippen LogP contribution in [-0.2, 0) is 0 Å². The molecule has 20 heavy (non-hydrogen) atoms. The topological polar surface area (TPSA) is 18.5 Å². The van der Waals surface area contributed by atoms with Gasteiger partial charge in [0.15, 0.2) is 0 Å². The fraction of sp³-hybridized carbons (Fsp3) is 1.00. The quantitative estimate of drug-likeness (QED) is 0.799. The largest absolute Gasteiger partial charge is 0.314 e. The first-order valence-corrected chi connectivity index (χ1v) is 8.70. The van der Waals surface area contributed by atoms with Crippen molar-refractivity contribution in [2.45, 2.75) is 64.5 Å². The molecule has 2 fully saturated rings. The van der Waals surface area contributed by atoms with E-state index >= 15 is 0 Å². The highest BCUT2D eigenvalue weighted by molar-refractivity contribution is 4.90. The number of hydrogen-bond acceptors (Lipinski definition) is 3. The molecule has 0 radical (unpaired) electrons. The summed E-state index contributed by atoms with van der Waals surface area (Å²) in [5.41, 5.74) is 0.330. The van der Waals surface area contributed by atoms with Gasteiger partial charge >= 0.3 is 0 Å². The van der Waals surface area contributed by atoms with Gasteiger partial charge in [-0.15, -0.1) is 0 Å². The van der Waals surface area contributed by atoms with Crippen LogP contribution in [0.15, 0.2) is 0 Å². The lowest BCUT2D eigenvalue weighted by molar-refractivity contribution is 0.0280. The first kappa shape index (κ1) is 16.3. The summed E-state index contributed by atoms with van der Waals surface area (Å²) in [7, 11) is 2.27. The van der Waals surface area contributed by atoms with Gasteiger partial charge in [-0.1, -0.05) is 26.2 Å². The Morgan fingerprint density at radius 3 is 2.55 bits per heavy atom. The molecule has 0 aromatic carbocycles. The highest BCUT2D eigenvalue weighted by Crippen LogP contribution is 2.26. The molecule has 1 heterocycles. The van der Waals surface area contributed by atoms with E-state index in [0.29, 0.717) is 5.54 Å². The summed E-state index contributed by atoms with van der Waals surface area (Å²) in [6.07, 6.45) is 7.10. The Balaban J connectivity index is 1.92. The predicted octanol–water partition coefficient (Wildman–Crippen LogP) is 2.57. The lowest BCUT2D eigenvalue weighted by atomic mass is 9.92. The Bertz CT molecular complexity index is 290. The maximum absolute atomic E-state index is 3.76. The Hall–Kier alpha value is -0.120. The summed E-state index contributed by atoms with van der Waals surface area (Å²) >= 11 is 0. The molecular formula is C17H35N3. The molecule has 2 rings (SSSR count). The van der Waals surface area contributed by atoms with Crippen molar-refractivity contribution in [2.24, 2.45) is 5.92 Å². The van der Waals surface area contributed by atoms with Gasteiger partial charge in [0, 0.05) is 37.8 Å². The zero-order valence-electron chi connectivity index (χ0n) is 14.1. The molecular weight excluding hydrogens is 246 g/mol. The minimum atomic E-state index is 0.330. The van der Waals surface area contributed by atoms with Crippen LogP contribution in [0.2, 0.25) is 0 Å². The second kappa shape index (κ2) is 7.24. The SMILES string of the molecule is CCNC1CCCCCC1CN1CCN(C)C(C)(C)C1. The van der Waals surface area contributed by atoms with Crippen LogP contribution in [0.25, 0.3) is 0 Å². The summed E-state index contributed by atoms with van der Waals surface area (Å²) in [6.45, 7) is 13.1. The van der Waals surface area contributed by atoms with E-state index < -0.39 is 0 Å². The molecule has 2 aliphatic rings. The number of nitrogens with one attached hydrogen (secondary N) is 1. The van der Waals surface area contributed by atoms with Crippen molar-refractivity contribution in [1.82, 2.24) is 15.1 Å². The standard InChI is InChI=1S/C17H35N3/c1-5-18-16-10-8-6-7-9-15(16)13-20-12-11-19(4)17(2,3)14-20/h15-16,18H,5-14H2,1-4H3. The van der Waals surface area contributed by atoms with Gasteiger partial charge in [-0.2, -0.15) is 0 Å². The van der Waals surface area contributed by atoms with Crippen molar-refractivity contribution in [1.29, 1.82) is 0 Å². The zero-order chi connectivity index (χ0) is 14.6. The van der Waals surface area contributed by atoms with E-state index in [1.54, 1.807) is 0 Å². The van der Waals surface area contributed by atoms with Gasteiger partial charge in [-0.3, -0.25) is 9.80 Å². The molecule has 2 atom stereocenters. The Labute approximate surface area is 126 Å². The Morgan fingerprint density at radius 1 is 1.10 bits per heavy atom. The fourth-order valence-electron chi connectivity index (χ4n) is 3.96. The summed E-state index contributed by atoms with van der Waals surface area (Å²) < 4.78 is 0. The van der Waals surface area contributed by atoms with Gasteiger partial charge in [0.2, 0.25) is 0 Å². The molecule has 1 saturated carbocycles. The van der Waals surface area contributed by atoms with E-state index in [0.717, 1.165) is 18.5 Å². The van der Waals surface area contributed by atoms with Crippen LogP contribution in [-0.4, -0.2) is 61.2 Å². The summed E-state index contributed by atoms with van der Waals surface area (Å²) in [5.74, 6) is 0.858. The number of likely N-dealkylation sites (N-methyl/N-ethyl adjacent to an activating group) is 1. The van der Waals surface area contributed by atoms with E-state index in [1.807, 2.05) is 0 Å². The third kappa shape index (κ3) is 4.19. The third-order valence-electron chi connectivity index (χ3n) is 5.51. The van der Waals surface area contributed by atoms with Gasteiger partial charge in [0.05, 0.1) is 0 Å². The Morgan fingerprint density at radius 2 is 1.85 bits per heavy atom. The molecule has 3 heteroatoms. The summed E-state index contributed by atoms with van der Waals surface area (Å²) in [4.78, 5) is 5.23. The maximum atomic E-state index is 3.76. The highest BCUT2D eigenvalue weighted by Gasteiger charge is 2.33. The number of nitrogens with zero attached hydrogens (tertiary/aromatic N) is 2. The van der Waals surface area contributed by atoms with Crippen LogP contribution in [0.1, 0.15) is 52.9 Å². The lowest BCUT2D eigenvalue weighted by Crippen LogP contribution is -2.58. The average molecular weight is 281 g/mol. The van der Waals surface area contributed by atoms with E-state index in [4.69, 9.17) is 0 Å². The van der Waals surface area contributed by atoms with E-state index in [1.165, 1.54) is 58.3 Å². The molecule has 2 unspecified atom stereocenters. The first-order chi connectivity index (χ1) is 9.53. The van der Waals surface area contributed by atoms with Crippen LogP contribution in [0.5, 0.6) is 0 Å². The molecule has 0 bridgehead atoms.